The molecule has 2 aromatic heterocycles. The smallest absolute Gasteiger partial charge is 0.352 e. The van der Waals surface area contributed by atoms with Gasteiger partial charge in [0, 0.05) is 22.7 Å². The number of carboxylic acids is 1. The van der Waals surface area contributed by atoms with Crippen molar-refractivity contribution in [3.05, 3.63) is 53.2 Å². The van der Waals surface area contributed by atoms with E-state index in [-0.39, 0.29) is 5.69 Å². The minimum absolute atomic E-state index is 0.0624. The molecule has 7 heteroatoms. The molecule has 4 nitrogen and oxygen atoms in total. The van der Waals surface area contributed by atoms with Crippen LogP contribution in [-0.4, -0.2) is 21.0 Å². The van der Waals surface area contributed by atoms with Crippen LogP contribution in [0.15, 0.2) is 35.8 Å². The number of hydrogen-bond acceptors (Lipinski definition) is 3. The number of nitrogens with zero attached hydrogens (tertiary/aromatic N) is 1. The molecule has 2 heterocycles. The van der Waals surface area contributed by atoms with Gasteiger partial charge in [0.2, 0.25) is 0 Å². The fourth-order valence-electron chi connectivity index (χ4n) is 1.83. The van der Waals surface area contributed by atoms with Crippen LogP contribution in [0.5, 0.6) is 0 Å². The Hall–Kier alpha value is -2.54. The highest BCUT2D eigenvalue weighted by Gasteiger charge is 2.12. The van der Waals surface area contributed by atoms with Gasteiger partial charge in [-0.2, -0.15) is 0 Å². The highest BCUT2D eigenvalue weighted by atomic mass is 32.1. The predicted octanol–water partition coefficient (Wildman–Crippen LogP) is 3.78. The van der Waals surface area contributed by atoms with Gasteiger partial charge in [0.25, 0.3) is 0 Å². The zero-order valence-electron chi connectivity index (χ0n) is 10.4. The van der Waals surface area contributed by atoms with Crippen molar-refractivity contribution >= 4 is 17.3 Å². The molecule has 0 radical (unpaired) electrons. The first-order chi connectivity index (χ1) is 10.0. The van der Waals surface area contributed by atoms with Crippen molar-refractivity contribution in [2.24, 2.45) is 0 Å². The maximum Gasteiger partial charge on any atom is 0.352 e. The van der Waals surface area contributed by atoms with Crippen LogP contribution in [0.1, 0.15) is 10.5 Å². The second kappa shape index (κ2) is 5.10. The molecule has 0 saturated heterocycles. The van der Waals surface area contributed by atoms with E-state index in [1.807, 2.05) is 0 Å². The Morgan fingerprint density at radius 3 is 2.67 bits per heavy atom. The van der Waals surface area contributed by atoms with Crippen molar-refractivity contribution in [1.29, 1.82) is 0 Å². The Balaban J connectivity index is 1.95. The average Bonchev–Trinajstić information content (AvgIpc) is 3.09. The summed E-state index contributed by atoms with van der Waals surface area (Å²) < 4.78 is 26.1. The molecule has 106 valence electrons. The van der Waals surface area contributed by atoms with Gasteiger partial charge in [-0.1, -0.05) is 0 Å². The Kier molecular flexibility index (Phi) is 3.26. The monoisotopic (exact) mass is 306 g/mol. The SMILES string of the molecule is O=C(O)c1cc(-c2csc(-c3ccc(F)c(F)c3)n2)c[nH]1. The highest BCUT2D eigenvalue weighted by molar-refractivity contribution is 7.13. The molecule has 0 aliphatic heterocycles. The van der Waals surface area contributed by atoms with E-state index < -0.39 is 17.6 Å². The van der Waals surface area contributed by atoms with Gasteiger partial charge in [-0.05, 0) is 24.3 Å². The third-order valence-corrected chi connectivity index (χ3v) is 3.77. The molecular weight excluding hydrogens is 298 g/mol. The number of carboxylic acid groups (broad SMARTS) is 1. The lowest BCUT2D eigenvalue weighted by atomic mass is 10.2. The third kappa shape index (κ3) is 2.55. The number of carbonyl (C=O) groups is 1. The molecule has 3 rings (SSSR count). The second-order valence-electron chi connectivity index (χ2n) is 4.27. The van der Waals surface area contributed by atoms with E-state index in [4.69, 9.17) is 5.11 Å². The van der Waals surface area contributed by atoms with Crippen LogP contribution in [0.25, 0.3) is 21.8 Å². The summed E-state index contributed by atoms with van der Waals surface area (Å²) in [7, 11) is 0. The molecular formula is C14H8F2N2O2S. The van der Waals surface area contributed by atoms with E-state index in [2.05, 4.69) is 9.97 Å². The zero-order chi connectivity index (χ0) is 15.0. The lowest BCUT2D eigenvalue weighted by Crippen LogP contribution is -1.94. The average molecular weight is 306 g/mol. The summed E-state index contributed by atoms with van der Waals surface area (Å²) in [4.78, 5) is 17.8. The molecule has 1 aromatic carbocycles. The van der Waals surface area contributed by atoms with E-state index in [9.17, 15) is 13.6 Å². The summed E-state index contributed by atoms with van der Waals surface area (Å²) in [5, 5.41) is 11.1. The van der Waals surface area contributed by atoms with Crippen molar-refractivity contribution in [3.63, 3.8) is 0 Å². The molecule has 21 heavy (non-hydrogen) atoms. The lowest BCUT2D eigenvalue weighted by molar-refractivity contribution is 0.0691. The van der Waals surface area contributed by atoms with Crippen LogP contribution < -0.4 is 0 Å². The summed E-state index contributed by atoms with van der Waals surface area (Å²) >= 11 is 1.27. The van der Waals surface area contributed by atoms with Crippen LogP contribution in [0.4, 0.5) is 8.78 Å². The summed E-state index contributed by atoms with van der Waals surface area (Å²) in [5.74, 6) is -2.90. The number of aromatic nitrogens is 2. The Bertz CT molecular complexity index is 826. The first-order valence-corrected chi connectivity index (χ1v) is 6.75. The topological polar surface area (TPSA) is 66.0 Å². The van der Waals surface area contributed by atoms with Crippen LogP contribution in [-0.2, 0) is 0 Å². The van der Waals surface area contributed by atoms with E-state index >= 15 is 0 Å². The molecule has 0 atom stereocenters. The summed E-state index contributed by atoms with van der Waals surface area (Å²) in [6, 6.07) is 5.04. The van der Waals surface area contributed by atoms with Gasteiger partial charge in [-0.25, -0.2) is 18.6 Å². The number of nitrogens with one attached hydrogen (secondary N) is 1. The maximum absolute atomic E-state index is 13.2. The van der Waals surface area contributed by atoms with E-state index in [1.54, 1.807) is 5.38 Å². The highest BCUT2D eigenvalue weighted by Crippen LogP contribution is 2.29. The Labute approximate surface area is 121 Å². The van der Waals surface area contributed by atoms with Crippen molar-refractivity contribution in [2.75, 3.05) is 0 Å². The summed E-state index contributed by atoms with van der Waals surface area (Å²) in [5.41, 5.74) is 1.73. The largest absolute Gasteiger partial charge is 0.477 e. The number of aromatic amines is 1. The number of hydrogen-bond donors (Lipinski definition) is 2. The standard InChI is InChI=1S/C14H8F2N2O2S/c15-9-2-1-7(3-10(9)16)13-18-12(6-21-13)8-4-11(14(19)20)17-5-8/h1-6,17H,(H,19,20). The minimum Gasteiger partial charge on any atom is -0.477 e. The van der Waals surface area contributed by atoms with Crippen LogP contribution in [0, 0.1) is 11.6 Å². The first kappa shape index (κ1) is 13.4. The fraction of sp³-hybridized carbons (Fsp3) is 0. The summed E-state index contributed by atoms with van der Waals surface area (Å²) in [6.45, 7) is 0. The summed E-state index contributed by atoms with van der Waals surface area (Å²) in [6.07, 6.45) is 1.54. The second-order valence-corrected chi connectivity index (χ2v) is 5.13. The first-order valence-electron chi connectivity index (χ1n) is 5.87. The normalized spacial score (nSPS) is 10.8. The van der Waals surface area contributed by atoms with Gasteiger partial charge in [0.15, 0.2) is 11.6 Å². The molecule has 0 aliphatic carbocycles. The number of H-pyrrole nitrogens is 1. The number of rotatable bonds is 3. The van der Waals surface area contributed by atoms with Crippen LogP contribution in [0.3, 0.4) is 0 Å². The van der Waals surface area contributed by atoms with Gasteiger partial charge in [-0.15, -0.1) is 11.3 Å². The number of thiazole rings is 1. The Morgan fingerprint density at radius 1 is 1.19 bits per heavy atom. The van der Waals surface area contributed by atoms with Crippen LogP contribution in [0.2, 0.25) is 0 Å². The number of halogens is 2. The molecule has 0 aliphatic rings. The Morgan fingerprint density at radius 2 is 2.00 bits per heavy atom. The van der Waals surface area contributed by atoms with Crippen molar-refractivity contribution < 1.29 is 18.7 Å². The number of benzene rings is 1. The van der Waals surface area contributed by atoms with E-state index in [0.29, 0.717) is 21.8 Å². The molecule has 0 bridgehead atoms. The molecule has 0 fully saturated rings. The van der Waals surface area contributed by atoms with Crippen molar-refractivity contribution in [3.8, 4) is 21.8 Å². The van der Waals surface area contributed by atoms with Gasteiger partial charge >= 0.3 is 5.97 Å². The van der Waals surface area contributed by atoms with Crippen molar-refractivity contribution in [1.82, 2.24) is 9.97 Å². The van der Waals surface area contributed by atoms with E-state index in [0.717, 1.165) is 12.1 Å². The van der Waals surface area contributed by atoms with Crippen LogP contribution >= 0.6 is 11.3 Å². The van der Waals surface area contributed by atoms with E-state index in [1.165, 1.54) is 29.7 Å². The molecule has 0 amide bonds. The lowest BCUT2D eigenvalue weighted by Gasteiger charge is -1.97. The number of aromatic carboxylic acids is 1. The maximum atomic E-state index is 13.2. The fourth-order valence-corrected chi connectivity index (χ4v) is 2.66. The molecule has 0 saturated carbocycles. The minimum atomic E-state index is -1.06. The van der Waals surface area contributed by atoms with Gasteiger partial charge < -0.3 is 10.1 Å². The van der Waals surface area contributed by atoms with Crippen molar-refractivity contribution in [2.45, 2.75) is 0 Å². The molecule has 3 aromatic rings. The molecule has 0 unspecified atom stereocenters. The molecule has 0 spiro atoms. The van der Waals surface area contributed by atoms with Gasteiger partial charge in [0.05, 0.1) is 5.69 Å². The van der Waals surface area contributed by atoms with Gasteiger partial charge in [0.1, 0.15) is 10.7 Å². The molecule has 2 N–H and O–H groups in total. The zero-order valence-corrected chi connectivity index (χ0v) is 11.2. The predicted molar refractivity (Wildman–Crippen MR) is 74.2 cm³/mol. The third-order valence-electron chi connectivity index (χ3n) is 2.88. The quantitative estimate of drug-likeness (QED) is 0.774. The van der Waals surface area contributed by atoms with Gasteiger partial charge in [-0.3, -0.25) is 0 Å².